The van der Waals surface area contributed by atoms with Gasteiger partial charge in [0.25, 0.3) is 5.91 Å². The maximum atomic E-state index is 12.1. The first-order valence-electron chi connectivity index (χ1n) is 7.67. The topological polar surface area (TPSA) is 87.3 Å². The Morgan fingerprint density at radius 1 is 1.04 bits per heavy atom. The molecule has 2 aromatic carbocycles. The minimum Gasteiger partial charge on any atom is -0.332 e. The average molecular weight is 456 g/mol. The molecular formula is C17H18BrN3O3S2. The van der Waals surface area contributed by atoms with Crippen molar-refractivity contribution >= 4 is 54.9 Å². The molecule has 0 fully saturated rings. The molecule has 26 heavy (non-hydrogen) atoms. The van der Waals surface area contributed by atoms with E-state index in [1.807, 2.05) is 0 Å². The number of carbonyl (C=O) groups excluding carboxylic acids is 1. The number of nitrogens with one attached hydrogen (secondary N) is 3. The summed E-state index contributed by atoms with van der Waals surface area (Å²) in [6.45, 7) is 3.50. The Labute approximate surface area is 166 Å². The average Bonchev–Trinajstić information content (AvgIpc) is 2.54. The summed E-state index contributed by atoms with van der Waals surface area (Å²) in [5.74, 6) is -0.338. The Balaban J connectivity index is 1.99. The molecule has 3 N–H and O–H groups in total. The predicted molar refractivity (Wildman–Crippen MR) is 110 cm³/mol. The van der Waals surface area contributed by atoms with E-state index in [-0.39, 0.29) is 22.0 Å². The third-order valence-corrected chi connectivity index (χ3v) is 5.55. The molecule has 0 saturated carbocycles. The standard InChI is InChI=1S/C17H18BrN3O3S2/c1-11(2)21-26(23,24)15-9-7-14(8-10-15)19-17(25)20-16(22)12-3-5-13(18)6-4-12/h3-11,21H,1-2H3,(H2,19,20,22,25). The lowest BCUT2D eigenvalue weighted by molar-refractivity contribution is 0.0977. The quantitative estimate of drug-likeness (QED) is 0.602. The molecule has 0 aromatic heterocycles. The summed E-state index contributed by atoms with van der Waals surface area (Å²) < 4.78 is 27.6. The fourth-order valence-corrected chi connectivity index (χ4v) is 3.76. The molecule has 0 aliphatic rings. The zero-order valence-corrected chi connectivity index (χ0v) is 17.3. The van der Waals surface area contributed by atoms with E-state index in [9.17, 15) is 13.2 Å². The molecule has 0 bridgehead atoms. The molecule has 0 saturated heterocycles. The summed E-state index contributed by atoms with van der Waals surface area (Å²) in [7, 11) is -3.55. The van der Waals surface area contributed by atoms with Crippen molar-refractivity contribution in [2.45, 2.75) is 24.8 Å². The van der Waals surface area contributed by atoms with Crippen LogP contribution in [-0.2, 0) is 10.0 Å². The van der Waals surface area contributed by atoms with Crippen molar-refractivity contribution in [1.29, 1.82) is 0 Å². The van der Waals surface area contributed by atoms with Crippen LogP contribution in [0.1, 0.15) is 24.2 Å². The first kappa shape index (κ1) is 20.5. The van der Waals surface area contributed by atoms with Gasteiger partial charge in [-0.05, 0) is 74.6 Å². The van der Waals surface area contributed by atoms with E-state index < -0.39 is 10.0 Å². The summed E-state index contributed by atoms with van der Waals surface area (Å²) in [5, 5.41) is 5.54. The van der Waals surface area contributed by atoms with E-state index in [0.717, 1.165) is 4.47 Å². The van der Waals surface area contributed by atoms with Crippen molar-refractivity contribution in [3.63, 3.8) is 0 Å². The predicted octanol–water partition coefficient (Wildman–Crippen LogP) is 3.26. The second-order valence-electron chi connectivity index (χ2n) is 5.72. The van der Waals surface area contributed by atoms with Crippen LogP contribution in [0.15, 0.2) is 57.9 Å². The molecule has 138 valence electrons. The third-order valence-electron chi connectivity index (χ3n) is 3.15. The van der Waals surface area contributed by atoms with Gasteiger partial charge < -0.3 is 5.32 Å². The van der Waals surface area contributed by atoms with Crippen molar-refractivity contribution in [3.8, 4) is 0 Å². The number of carbonyl (C=O) groups is 1. The lowest BCUT2D eigenvalue weighted by Gasteiger charge is -2.12. The van der Waals surface area contributed by atoms with E-state index in [2.05, 4.69) is 31.3 Å². The third kappa shape index (κ3) is 5.87. The molecule has 0 heterocycles. The maximum absolute atomic E-state index is 12.1. The lowest BCUT2D eigenvalue weighted by Crippen LogP contribution is -2.34. The summed E-state index contributed by atoms with van der Waals surface area (Å²) >= 11 is 8.42. The highest BCUT2D eigenvalue weighted by Crippen LogP contribution is 2.15. The summed E-state index contributed by atoms with van der Waals surface area (Å²) in [6.07, 6.45) is 0. The van der Waals surface area contributed by atoms with Gasteiger partial charge in [0.2, 0.25) is 10.0 Å². The van der Waals surface area contributed by atoms with Gasteiger partial charge >= 0.3 is 0 Å². The first-order valence-corrected chi connectivity index (χ1v) is 10.4. The Bertz CT molecular complexity index is 896. The Hall–Kier alpha value is -1.81. The fourth-order valence-electron chi connectivity index (χ4n) is 2.03. The van der Waals surface area contributed by atoms with Crippen molar-refractivity contribution in [2.75, 3.05) is 5.32 Å². The van der Waals surface area contributed by atoms with E-state index in [4.69, 9.17) is 12.2 Å². The second-order valence-corrected chi connectivity index (χ2v) is 8.75. The van der Waals surface area contributed by atoms with Gasteiger partial charge in [-0.1, -0.05) is 15.9 Å². The Kier molecular flexibility index (Phi) is 6.87. The number of benzene rings is 2. The summed E-state index contributed by atoms with van der Waals surface area (Å²) in [4.78, 5) is 12.3. The second kappa shape index (κ2) is 8.72. The van der Waals surface area contributed by atoms with E-state index in [1.54, 1.807) is 50.2 Å². The minimum absolute atomic E-state index is 0.119. The molecule has 2 rings (SSSR count). The highest BCUT2D eigenvalue weighted by atomic mass is 79.9. The minimum atomic E-state index is -3.55. The van der Waals surface area contributed by atoms with Crippen LogP contribution in [0.2, 0.25) is 0 Å². The fraction of sp³-hybridized carbons (Fsp3) is 0.176. The molecule has 0 aliphatic heterocycles. The zero-order valence-electron chi connectivity index (χ0n) is 14.1. The molecule has 2 aromatic rings. The van der Waals surface area contributed by atoms with Crippen molar-refractivity contribution in [2.24, 2.45) is 0 Å². The Morgan fingerprint density at radius 3 is 2.15 bits per heavy atom. The Morgan fingerprint density at radius 2 is 1.62 bits per heavy atom. The van der Waals surface area contributed by atoms with Crippen LogP contribution in [0.25, 0.3) is 0 Å². The van der Waals surface area contributed by atoms with Crippen molar-refractivity contribution in [1.82, 2.24) is 10.0 Å². The van der Waals surface area contributed by atoms with Crippen molar-refractivity contribution < 1.29 is 13.2 Å². The number of hydrogen-bond acceptors (Lipinski definition) is 4. The number of sulfonamides is 1. The number of anilines is 1. The van der Waals surface area contributed by atoms with Gasteiger partial charge in [-0.25, -0.2) is 13.1 Å². The van der Waals surface area contributed by atoms with E-state index in [0.29, 0.717) is 11.3 Å². The number of halogens is 1. The highest BCUT2D eigenvalue weighted by molar-refractivity contribution is 9.10. The van der Waals surface area contributed by atoms with Crippen LogP contribution >= 0.6 is 28.1 Å². The molecule has 0 radical (unpaired) electrons. The first-order chi connectivity index (χ1) is 12.2. The largest absolute Gasteiger partial charge is 0.332 e. The molecule has 0 spiro atoms. The molecule has 0 unspecified atom stereocenters. The van der Waals surface area contributed by atoms with Crippen molar-refractivity contribution in [3.05, 3.63) is 58.6 Å². The number of thiocarbonyl (C=S) groups is 1. The number of hydrogen-bond donors (Lipinski definition) is 3. The molecule has 1 amide bonds. The normalized spacial score (nSPS) is 11.2. The smallest absolute Gasteiger partial charge is 0.257 e. The van der Waals surface area contributed by atoms with Gasteiger partial charge in [0, 0.05) is 21.8 Å². The molecule has 9 heteroatoms. The van der Waals surface area contributed by atoms with Crippen LogP contribution in [0.4, 0.5) is 5.69 Å². The monoisotopic (exact) mass is 455 g/mol. The SMILES string of the molecule is CC(C)NS(=O)(=O)c1ccc(NC(=S)NC(=O)c2ccc(Br)cc2)cc1. The van der Waals surface area contributed by atoms with Gasteiger partial charge in [-0.3, -0.25) is 10.1 Å². The summed E-state index contributed by atoms with van der Waals surface area (Å²) in [6, 6.07) is 12.7. The zero-order chi connectivity index (χ0) is 19.3. The van der Waals surface area contributed by atoms with Crippen LogP contribution in [0.3, 0.4) is 0 Å². The number of amides is 1. The highest BCUT2D eigenvalue weighted by Gasteiger charge is 2.15. The van der Waals surface area contributed by atoms with E-state index >= 15 is 0 Å². The van der Waals surface area contributed by atoms with Crippen LogP contribution in [-0.4, -0.2) is 25.5 Å². The summed E-state index contributed by atoms with van der Waals surface area (Å²) in [5.41, 5.74) is 1.04. The molecule has 6 nitrogen and oxygen atoms in total. The van der Waals surface area contributed by atoms with Gasteiger partial charge in [0.05, 0.1) is 4.90 Å². The van der Waals surface area contributed by atoms with Crippen LogP contribution < -0.4 is 15.4 Å². The van der Waals surface area contributed by atoms with Crippen LogP contribution in [0.5, 0.6) is 0 Å². The van der Waals surface area contributed by atoms with Crippen LogP contribution in [0, 0.1) is 0 Å². The van der Waals surface area contributed by atoms with Gasteiger partial charge in [0.15, 0.2) is 5.11 Å². The lowest BCUT2D eigenvalue weighted by atomic mass is 10.2. The molecule has 0 aliphatic carbocycles. The maximum Gasteiger partial charge on any atom is 0.257 e. The number of rotatable bonds is 5. The van der Waals surface area contributed by atoms with E-state index in [1.165, 1.54) is 12.1 Å². The van der Waals surface area contributed by atoms with Gasteiger partial charge in [-0.15, -0.1) is 0 Å². The molecular weight excluding hydrogens is 438 g/mol. The van der Waals surface area contributed by atoms with Gasteiger partial charge in [-0.2, -0.15) is 0 Å². The molecule has 0 atom stereocenters. The van der Waals surface area contributed by atoms with Gasteiger partial charge in [0.1, 0.15) is 0 Å².